The number of nitrogens with one attached hydrogen (secondary N) is 1. The molecule has 72 heavy (non-hydrogen) atoms. The van der Waals surface area contributed by atoms with Gasteiger partial charge in [-0.1, -0.05) is 104 Å². The first kappa shape index (κ1) is 55.2. The van der Waals surface area contributed by atoms with Crippen LogP contribution in [0.3, 0.4) is 0 Å². The third-order valence-electron chi connectivity index (χ3n) is 11.8. The lowest BCUT2D eigenvalue weighted by Crippen LogP contribution is -2.39. The third kappa shape index (κ3) is 14.7. The first-order valence-corrected chi connectivity index (χ1v) is 29.2. The predicted molar refractivity (Wildman–Crippen MR) is 286 cm³/mol. The van der Waals surface area contributed by atoms with E-state index in [2.05, 4.69) is 91.7 Å². The average molecular weight is 1010 g/mol. The average Bonchev–Trinajstić information content (AvgIpc) is 3.77. The fourth-order valence-corrected chi connectivity index (χ4v) is 10.8. The number of nitrogens with zero attached hydrogens (tertiary/aromatic N) is 4. The fourth-order valence-electron chi connectivity index (χ4n) is 8.37. The maximum Gasteiger partial charge on any atom is 0.351 e. The Morgan fingerprint density at radius 1 is 0.847 bits per heavy atom. The summed E-state index contributed by atoms with van der Waals surface area (Å²) >= 11 is 0. The van der Waals surface area contributed by atoms with Crippen molar-refractivity contribution in [1.29, 1.82) is 5.26 Å². The fraction of sp³-hybridized carbons (Fsp3) is 0.404. The van der Waals surface area contributed by atoms with Crippen LogP contribution < -0.4 is 20.5 Å². The molecule has 4 unspecified atom stereocenters. The van der Waals surface area contributed by atoms with Crippen molar-refractivity contribution < 1.29 is 32.8 Å². The van der Waals surface area contributed by atoms with Gasteiger partial charge in [0.05, 0.1) is 51.6 Å². The molecule has 13 nitrogen and oxygen atoms in total. The van der Waals surface area contributed by atoms with E-state index in [9.17, 15) is 14.9 Å². The van der Waals surface area contributed by atoms with Crippen LogP contribution in [0.15, 0.2) is 120 Å². The first-order valence-electron chi connectivity index (χ1n) is 24.5. The molecule has 4 aromatic carbocycles. The standard InChI is InChI=1S/C57H68N5O8PSi/c1-42(2)62(43(3)4)71(68-37-22-36-58)70-51-39-53(61-40-45(25-16-12-10-11-13-21-38-72(7,8)9)54(60-56(61)64)59-55(63)44-23-17-14-18-24-44)69-52(51)41-67-57(46-26-19-15-20-27-46,47-28-32-49(65-5)33-29-47)48-30-34-50(66-6)35-31-48/h14-15,17-20,23-24,26-35,40,42-43,51-53H,10-13,22,37,39,41H2,1-9H3,(H,59,60,63,64). The Morgan fingerprint density at radius 3 is 1.97 bits per heavy atom. The summed E-state index contributed by atoms with van der Waals surface area (Å²) in [6.45, 7) is 15.1. The molecule has 1 N–H and O–H groups in total. The highest BCUT2D eigenvalue weighted by Gasteiger charge is 2.45. The summed E-state index contributed by atoms with van der Waals surface area (Å²) in [5.41, 5.74) is 4.86. The minimum absolute atomic E-state index is 0.0127. The van der Waals surface area contributed by atoms with Crippen LogP contribution in [0.4, 0.5) is 5.82 Å². The second-order valence-electron chi connectivity index (χ2n) is 18.9. The Hall–Kier alpha value is -6.11. The van der Waals surface area contributed by atoms with Gasteiger partial charge in [-0.2, -0.15) is 10.2 Å². The number of amides is 1. The van der Waals surface area contributed by atoms with Crippen molar-refractivity contribution >= 4 is 28.3 Å². The van der Waals surface area contributed by atoms with Crippen molar-refractivity contribution in [3.05, 3.63) is 154 Å². The van der Waals surface area contributed by atoms with E-state index in [0.29, 0.717) is 29.0 Å². The van der Waals surface area contributed by atoms with Crippen LogP contribution >= 0.6 is 8.53 Å². The monoisotopic (exact) mass is 1010 g/mol. The second-order valence-corrected chi connectivity index (χ2v) is 25.1. The maximum absolute atomic E-state index is 14.3. The summed E-state index contributed by atoms with van der Waals surface area (Å²) < 4.78 is 42.6. The molecule has 4 atom stereocenters. The molecule has 0 bridgehead atoms. The highest BCUT2D eigenvalue weighted by atomic mass is 31.2. The van der Waals surface area contributed by atoms with Gasteiger partial charge >= 0.3 is 5.69 Å². The molecule has 15 heteroatoms. The van der Waals surface area contributed by atoms with Crippen LogP contribution in [-0.2, 0) is 24.1 Å². The number of hydrogen-bond donors (Lipinski definition) is 1. The number of aromatic nitrogens is 2. The van der Waals surface area contributed by atoms with Crippen LogP contribution in [-0.4, -0.2) is 79.9 Å². The Kier molecular flexibility index (Phi) is 20.4. The van der Waals surface area contributed by atoms with E-state index in [0.717, 1.165) is 36.0 Å². The number of nitriles is 1. The van der Waals surface area contributed by atoms with Crippen LogP contribution in [0.5, 0.6) is 11.5 Å². The maximum atomic E-state index is 14.3. The summed E-state index contributed by atoms with van der Waals surface area (Å²) in [6.07, 6.45) is 2.74. The van der Waals surface area contributed by atoms with Crippen molar-refractivity contribution in [2.45, 2.75) is 122 Å². The number of rotatable bonds is 22. The largest absolute Gasteiger partial charge is 0.497 e. The molecule has 0 radical (unpaired) electrons. The molecular weight excluding hydrogens is 942 g/mol. The van der Waals surface area contributed by atoms with Crippen LogP contribution in [0.2, 0.25) is 19.6 Å². The predicted octanol–water partition coefficient (Wildman–Crippen LogP) is 11.3. The normalized spacial score (nSPS) is 16.1. The van der Waals surface area contributed by atoms with E-state index in [-0.39, 0.29) is 44.0 Å². The summed E-state index contributed by atoms with van der Waals surface area (Å²) in [6, 6.07) is 36.5. The van der Waals surface area contributed by atoms with E-state index in [1.807, 2.05) is 84.9 Å². The van der Waals surface area contributed by atoms with E-state index in [1.54, 1.807) is 44.7 Å². The minimum Gasteiger partial charge on any atom is -0.497 e. The number of methoxy groups -OCH3 is 2. The van der Waals surface area contributed by atoms with Gasteiger partial charge in [0.1, 0.15) is 37.5 Å². The van der Waals surface area contributed by atoms with Gasteiger partial charge in [-0.25, -0.2) is 9.46 Å². The van der Waals surface area contributed by atoms with Crippen molar-refractivity contribution in [1.82, 2.24) is 14.2 Å². The van der Waals surface area contributed by atoms with Gasteiger partial charge in [0.15, 0.2) is 5.82 Å². The van der Waals surface area contributed by atoms with Gasteiger partial charge in [0, 0.05) is 43.1 Å². The number of ether oxygens (including phenoxy) is 4. The quantitative estimate of drug-likeness (QED) is 0.0232. The third-order valence-corrected chi connectivity index (χ3v) is 14.9. The number of carbonyl (C=O) groups is 1. The number of benzene rings is 4. The number of unbranched alkanes of at least 4 members (excludes halogenated alkanes) is 3. The lowest BCUT2D eigenvalue weighted by atomic mass is 9.80. The molecule has 1 fully saturated rings. The zero-order valence-electron chi connectivity index (χ0n) is 43.0. The van der Waals surface area contributed by atoms with Crippen molar-refractivity contribution in [3.8, 4) is 40.9 Å². The zero-order valence-corrected chi connectivity index (χ0v) is 44.9. The molecule has 1 aromatic heterocycles. The molecule has 0 spiro atoms. The summed E-state index contributed by atoms with van der Waals surface area (Å²) in [5, 5.41) is 12.4. The highest BCUT2D eigenvalue weighted by molar-refractivity contribution is 7.44. The minimum atomic E-state index is -1.76. The lowest BCUT2D eigenvalue weighted by molar-refractivity contribution is -0.0925. The topological polar surface area (TPSA) is 146 Å². The Morgan fingerprint density at radius 2 is 1.42 bits per heavy atom. The van der Waals surface area contributed by atoms with Gasteiger partial charge in [-0.3, -0.25) is 9.36 Å². The van der Waals surface area contributed by atoms with E-state index >= 15 is 0 Å². The molecule has 5 aromatic rings. The number of hydrogen-bond acceptors (Lipinski definition) is 11. The van der Waals surface area contributed by atoms with Gasteiger partial charge in [0.2, 0.25) is 0 Å². The van der Waals surface area contributed by atoms with Crippen molar-refractivity contribution in [2.75, 3.05) is 32.8 Å². The summed E-state index contributed by atoms with van der Waals surface area (Å²) in [4.78, 5) is 32.3. The molecule has 2 heterocycles. The van der Waals surface area contributed by atoms with Crippen LogP contribution in [0, 0.1) is 34.6 Å². The van der Waals surface area contributed by atoms with E-state index in [4.69, 9.17) is 28.0 Å². The molecule has 0 saturated carbocycles. The Labute approximate surface area is 428 Å². The van der Waals surface area contributed by atoms with E-state index in [1.165, 1.54) is 4.57 Å². The van der Waals surface area contributed by atoms with Crippen molar-refractivity contribution in [2.24, 2.45) is 0 Å². The smallest absolute Gasteiger partial charge is 0.351 e. The molecule has 1 aliphatic heterocycles. The second kappa shape index (κ2) is 26.5. The summed E-state index contributed by atoms with van der Waals surface area (Å²) in [5.74, 6) is 10.8. The zero-order chi connectivity index (χ0) is 51.7. The van der Waals surface area contributed by atoms with Crippen molar-refractivity contribution in [3.63, 3.8) is 0 Å². The number of anilines is 1. The molecule has 378 valence electrons. The molecule has 0 aliphatic carbocycles. The molecule has 1 amide bonds. The van der Waals surface area contributed by atoms with Crippen LogP contribution in [0.1, 0.15) is 105 Å². The van der Waals surface area contributed by atoms with Gasteiger partial charge < -0.3 is 33.3 Å². The van der Waals surface area contributed by atoms with Gasteiger partial charge in [-0.15, -0.1) is 11.5 Å². The molecule has 1 aliphatic rings. The molecule has 6 rings (SSSR count). The van der Waals surface area contributed by atoms with Gasteiger partial charge in [0.25, 0.3) is 14.4 Å². The van der Waals surface area contributed by atoms with E-state index < -0.39 is 52.2 Å². The Bertz CT molecular complexity index is 2700. The lowest BCUT2D eigenvalue weighted by Gasteiger charge is -2.39. The SMILES string of the molecule is COc1ccc(C(OCC2OC(n3cc(C#CCCCCC#C[Si](C)(C)C)c(NC(=O)c4ccccc4)nc3=O)CC2OP(OCCC#N)N(C(C)C)C(C)C)(c2ccccc2)c2ccc(OC)cc2)cc1. The Balaban J connectivity index is 1.43. The highest BCUT2D eigenvalue weighted by Crippen LogP contribution is 2.51. The number of carbonyl (C=O) groups excluding carboxylic acids is 1. The molecular formula is C57H68N5O8PSi. The van der Waals surface area contributed by atoms with Crippen LogP contribution in [0.25, 0.3) is 0 Å². The molecule has 1 saturated heterocycles. The van der Waals surface area contributed by atoms with Gasteiger partial charge in [-0.05, 0) is 93.6 Å². The first-order chi connectivity index (χ1) is 34.7. The summed E-state index contributed by atoms with van der Waals surface area (Å²) in [7, 11) is 0.0511.